The van der Waals surface area contributed by atoms with Crippen LogP contribution in [0.1, 0.15) is 0 Å². The largest absolute Gasteiger partial charge is 0.461 e. The van der Waals surface area contributed by atoms with Gasteiger partial charge < -0.3 is 4.42 Å². The van der Waals surface area contributed by atoms with E-state index in [0.29, 0.717) is 22.4 Å². The van der Waals surface area contributed by atoms with Gasteiger partial charge in [0.05, 0.1) is 6.26 Å². The summed E-state index contributed by atoms with van der Waals surface area (Å²) in [5.74, 6) is 1.26. The van der Waals surface area contributed by atoms with E-state index in [2.05, 4.69) is 10.2 Å². The van der Waals surface area contributed by atoms with E-state index in [1.54, 1.807) is 22.8 Å². The Bertz CT molecular complexity index is 600. The molecule has 0 fully saturated rings. The topological polar surface area (TPSA) is 43.3 Å². The van der Waals surface area contributed by atoms with Crippen molar-refractivity contribution in [3.8, 4) is 11.6 Å². The SMILES string of the molecule is Clc1cccc2nnc(-c3ccco3)n12. The molecule has 0 aliphatic rings. The molecule has 5 heteroatoms. The smallest absolute Gasteiger partial charge is 0.205 e. The minimum Gasteiger partial charge on any atom is -0.461 e. The third kappa shape index (κ3) is 1.22. The van der Waals surface area contributed by atoms with Crippen LogP contribution in [-0.2, 0) is 0 Å². The van der Waals surface area contributed by atoms with Crippen molar-refractivity contribution in [2.24, 2.45) is 0 Å². The van der Waals surface area contributed by atoms with Gasteiger partial charge in [-0.25, -0.2) is 0 Å². The van der Waals surface area contributed by atoms with Gasteiger partial charge in [0.25, 0.3) is 0 Å². The number of aromatic nitrogens is 3. The first kappa shape index (κ1) is 8.49. The average Bonchev–Trinajstić information content (AvgIpc) is 2.85. The number of nitrogens with zero attached hydrogens (tertiary/aromatic N) is 3. The van der Waals surface area contributed by atoms with Crippen LogP contribution in [0.5, 0.6) is 0 Å². The summed E-state index contributed by atoms with van der Waals surface area (Å²) in [6, 6.07) is 9.07. The summed E-state index contributed by atoms with van der Waals surface area (Å²) < 4.78 is 7.00. The number of fused-ring (bicyclic) bond motifs is 1. The van der Waals surface area contributed by atoms with Gasteiger partial charge in [-0.05, 0) is 24.3 Å². The van der Waals surface area contributed by atoms with E-state index in [0.717, 1.165) is 0 Å². The second-order valence-electron chi connectivity index (χ2n) is 3.04. The lowest BCUT2D eigenvalue weighted by Crippen LogP contribution is -1.89. The Kier molecular flexibility index (Phi) is 1.76. The molecular weight excluding hydrogens is 214 g/mol. The molecule has 0 atom stereocenters. The highest BCUT2D eigenvalue weighted by atomic mass is 35.5. The standard InChI is InChI=1S/C10H6ClN3O/c11-8-4-1-5-9-12-13-10(14(8)9)7-3-2-6-15-7/h1-6H. The van der Waals surface area contributed by atoms with E-state index in [1.807, 2.05) is 18.2 Å². The monoisotopic (exact) mass is 219 g/mol. The van der Waals surface area contributed by atoms with Gasteiger partial charge in [0, 0.05) is 0 Å². The van der Waals surface area contributed by atoms with Gasteiger partial charge in [0.1, 0.15) is 5.15 Å². The molecule has 3 heterocycles. The van der Waals surface area contributed by atoms with Crippen molar-refractivity contribution in [1.29, 1.82) is 0 Å². The van der Waals surface area contributed by atoms with E-state index >= 15 is 0 Å². The molecule has 3 rings (SSSR count). The molecule has 4 nitrogen and oxygen atoms in total. The summed E-state index contributed by atoms with van der Waals surface area (Å²) in [4.78, 5) is 0. The number of halogens is 1. The Hall–Kier alpha value is -1.81. The van der Waals surface area contributed by atoms with Crippen LogP contribution in [-0.4, -0.2) is 14.6 Å². The lowest BCUT2D eigenvalue weighted by molar-refractivity contribution is 0.576. The van der Waals surface area contributed by atoms with Crippen molar-refractivity contribution < 1.29 is 4.42 Å². The van der Waals surface area contributed by atoms with Crippen molar-refractivity contribution >= 4 is 17.2 Å². The number of hydrogen-bond acceptors (Lipinski definition) is 3. The Morgan fingerprint density at radius 1 is 1.13 bits per heavy atom. The van der Waals surface area contributed by atoms with Gasteiger partial charge in [-0.15, -0.1) is 10.2 Å². The van der Waals surface area contributed by atoms with Gasteiger partial charge in [0.15, 0.2) is 11.4 Å². The highest BCUT2D eigenvalue weighted by Gasteiger charge is 2.11. The first-order valence-corrected chi connectivity index (χ1v) is 4.77. The zero-order valence-corrected chi connectivity index (χ0v) is 8.35. The van der Waals surface area contributed by atoms with Crippen LogP contribution in [0.3, 0.4) is 0 Å². The van der Waals surface area contributed by atoms with E-state index < -0.39 is 0 Å². The summed E-state index contributed by atoms with van der Waals surface area (Å²) in [6.45, 7) is 0. The van der Waals surface area contributed by atoms with Crippen molar-refractivity contribution in [2.45, 2.75) is 0 Å². The first-order chi connectivity index (χ1) is 7.36. The molecule has 0 N–H and O–H groups in total. The summed E-state index contributed by atoms with van der Waals surface area (Å²) in [7, 11) is 0. The minimum absolute atomic E-state index is 0.559. The predicted octanol–water partition coefficient (Wildman–Crippen LogP) is 2.64. The van der Waals surface area contributed by atoms with E-state index in [9.17, 15) is 0 Å². The van der Waals surface area contributed by atoms with Crippen LogP contribution in [0, 0.1) is 0 Å². The first-order valence-electron chi connectivity index (χ1n) is 4.40. The molecule has 0 saturated carbocycles. The normalized spacial score (nSPS) is 11.0. The van der Waals surface area contributed by atoms with Crippen molar-refractivity contribution in [2.75, 3.05) is 0 Å². The third-order valence-electron chi connectivity index (χ3n) is 2.12. The Morgan fingerprint density at radius 3 is 2.87 bits per heavy atom. The van der Waals surface area contributed by atoms with Gasteiger partial charge in [-0.1, -0.05) is 17.7 Å². The molecule has 0 bridgehead atoms. The molecule has 0 unspecified atom stereocenters. The molecule has 0 amide bonds. The van der Waals surface area contributed by atoms with Crippen LogP contribution < -0.4 is 0 Å². The number of hydrogen-bond donors (Lipinski definition) is 0. The van der Waals surface area contributed by atoms with Gasteiger partial charge in [0.2, 0.25) is 5.82 Å². The average molecular weight is 220 g/mol. The zero-order chi connectivity index (χ0) is 10.3. The Labute approximate surface area is 90.1 Å². The van der Waals surface area contributed by atoms with E-state index in [1.165, 1.54) is 0 Å². The molecule has 3 aromatic heterocycles. The number of rotatable bonds is 1. The van der Waals surface area contributed by atoms with Crippen LogP contribution >= 0.6 is 11.6 Å². The fourth-order valence-corrected chi connectivity index (χ4v) is 1.71. The van der Waals surface area contributed by atoms with Crippen LogP contribution in [0.25, 0.3) is 17.2 Å². The molecule has 0 radical (unpaired) electrons. The molecular formula is C10H6ClN3O. The summed E-state index contributed by atoms with van der Waals surface area (Å²) in [6.07, 6.45) is 1.59. The van der Waals surface area contributed by atoms with Crippen molar-refractivity contribution in [1.82, 2.24) is 14.6 Å². The highest BCUT2D eigenvalue weighted by Crippen LogP contribution is 2.22. The minimum atomic E-state index is 0.559. The molecule has 0 aliphatic carbocycles. The van der Waals surface area contributed by atoms with E-state index in [-0.39, 0.29) is 0 Å². The Balaban J connectivity index is 2.37. The fourth-order valence-electron chi connectivity index (χ4n) is 1.47. The van der Waals surface area contributed by atoms with Crippen LogP contribution in [0.4, 0.5) is 0 Å². The molecule has 3 aromatic rings. The summed E-state index contributed by atoms with van der Waals surface area (Å²) in [5.41, 5.74) is 0.703. The maximum absolute atomic E-state index is 6.06. The maximum atomic E-state index is 6.06. The predicted molar refractivity (Wildman–Crippen MR) is 55.7 cm³/mol. The number of furan rings is 1. The molecule has 0 aliphatic heterocycles. The van der Waals surface area contributed by atoms with Crippen molar-refractivity contribution in [3.05, 3.63) is 41.7 Å². The molecule has 0 saturated heterocycles. The third-order valence-corrected chi connectivity index (χ3v) is 2.42. The maximum Gasteiger partial charge on any atom is 0.205 e. The fraction of sp³-hybridized carbons (Fsp3) is 0. The lowest BCUT2D eigenvalue weighted by atomic mass is 10.4. The quantitative estimate of drug-likeness (QED) is 0.591. The van der Waals surface area contributed by atoms with Crippen LogP contribution in [0.15, 0.2) is 41.0 Å². The van der Waals surface area contributed by atoms with Crippen LogP contribution in [0.2, 0.25) is 5.15 Å². The molecule has 0 spiro atoms. The number of pyridine rings is 1. The van der Waals surface area contributed by atoms with Crippen molar-refractivity contribution in [3.63, 3.8) is 0 Å². The lowest BCUT2D eigenvalue weighted by Gasteiger charge is -1.98. The highest BCUT2D eigenvalue weighted by molar-refractivity contribution is 6.29. The summed E-state index contributed by atoms with van der Waals surface area (Å²) in [5, 5.41) is 8.60. The summed E-state index contributed by atoms with van der Waals surface area (Å²) >= 11 is 6.06. The van der Waals surface area contributed by atoms with Gasteiger partial charge in [-0.2, -0.15) is 0 Å². The zero-order valence-electron chi connectivity index (χ0n) is 7.59. The Morgan fingerprint density at radius 2 is 2.07 bits per heavy atom. The molecule has 15 heavy (non-hydrogen) atoms. The second-order valence-corrected chi connectivity index (χ2v) is 3.43. The van der Waals surface area contributed by atoms with Gasteiger partial charge in [-0.3, -0.25) is 4.40 Å². The molecule has 74 valence electrons. The second kappa shape index (κ2) is 3.10. The van der Waals surface area contributed by atoms with E-state index in [4.69, 9.17) is 16.0 Å². The van der Waals surface area contributed by atoms with Gasteiger partial charge >= 0.3 is 0 Å². The molecule has 0 aromatic carbocycles.